The van der Waals surface area contributed by atoms with Crippen molar-refractivity contribution in [2.24, 2.45) is 22.0 Å². The van der Waals surface area contributed by atoms with Crippen molar-refractivity contribution < 1.29 is 0 Å². The van der Waals surface area contributed by atoms with Gasteiger partial charge in [0.25, 0.3) is 0 Å². The summed E-state index contributed by atoms with van der Waals surface area (Å²) in [5.74, 6) is 6.00. The van der Waals surface area contributed by atoms with E-state index < -0.39 is 0 Å². The van der Waals surface area contributed by atoms with Crippen LogP contribution >= 0.6 is 0 Å². The summed E-state index contributed by atoms with van der Waals surface area (Å²) in [6.45, 7) is 7.12. The van der Waals surface area contributed by atoms with Gasteiger partial charge in [-0.15, -0.1) is 5.10 Å². The van der Waals surface area contributed by atoms with Crippen molar-refractivity contribution in [3.05, 3.63) is 0 Å². The molecule has 0 unspecified atom stereocenters. The van der Waals surface area contributed by atoms with E-state index in [4.69, 9.17) is 5.84 Å². The number of rotatable bonds is 2. The number of amidine groups is 1. The molecule has 0 aromatic heterocycles. The molecule has 0 atom stereocenters. The minimum absolute atomic E-state index is 0.264. The third-order valence-corrected chi connectivity index (χ3v) is 0.873. The smallest absolute Gasteiger partial charge is 0.141 e. The van der Waals surface area contributed by atoms with E-state index in [2.05, 4.69) is 22.3 Å². The highest BCUT2D eigenvalue weighted by Crippen LogP contribution is 1.92. The molecule has 0 heterocycles. The van der Waals surface area contributed by atoms with E-state index in [9.17, 15) is 0 Å². The van der Waals surface area contributed by atoms with Crippen LogP contribution in [0.2, 0.25) is 0 Å². The quantitative estimate of drug-likeness (QED) is 0.240. The second-order valence-electron chi connectivity index (χ2n) is 1.93. The molecule has 0 radical (unpaired) electrons. The Morgan fingerprint density at radius 3 is 2.33 bits per heavy atom. The molecule has 0 fully saturated rings. The molecule has 0 spiro atoms. The van der Waals surface area contributed by atoms with Gasteiger partial charge in [-0.25, -0.2) is 5.84 Å². The van der Waals surface area contributed by atoms with Gasteiger partial charge in [0, 0.05) is 12.6 Å². The normalized spacial score (nSPS) is 11.8. The number of hydrogen-bond acceptors (Lipinski definition) is 3. The Hall–Kier alpha value is -0.900. The van der Waals surface area contributed by atoms with Crippen LogP contribution in [0.15, 0.2) is 10.2 Å². The van der Waals surface area contributed by atoms with Crippen LogP contribution in [0, 0.1) is 5.92 Å². The van der Waals surface area contributed by atoms with Gasteiger partial charge in [0.2, 0.25) is 0 Å². The fourth-order valence-corrected chi connectivity index (χ4v) is 0.387. The van der Waals surface area contributed by atoms with E-state index in [0.717, 1.165) is 0 Å². The molecule has 0 rings (SSSR count). The van der Waals surface area contributed by atoms with Gasteiger partial charge in [-0.2, -0.15) is 5.10 Å². The maximum atomic E-state index is 5.09. The summed E-state index contributed by atoms with van der Waals surface area (Å²) in [7, 11) is 0. The van der Waals surface area contributed by atoms with E-state index in [1.807, 2.05) is 13.8 Å². The lowest BCUT2D eigenvalue weighted by molar-refractivity contribution is 0.805. The monoisotopic (exact) mass is 128 g/mol. The maximum Gasteiger partial charge on any atom is 0.141 e. The molecule has 4 heteroatoms. The van der Waals surface area contributed by atoms with Crippen molar-refractivity contribution >= 4 is 12.6 Å². The highest BCUT2D eigenvalue weighted by molar-refractivity contribution is 5.83. The van der Waals surface area contributed by atoms with Gasteiger partial charge in [0.15, 0.2) is 0 Å². The Balaban J connectivity index is 3.96. The van der Waals surface area contributed by atoms with Crippen LogP contribution in [0.4, 0.5) is 0 Å². The lowest BCUT2D eigenvalue weighted by Crippen LogP contribution is -2.33. The Morgan fingerprint density at radius 1 is 1.67 bits per heavy atom. The Labute approximate surface area is 54.8 Å². The fraction of sp³-hybridized carbons (Fsp3) is 0.600. The molecular formula is C5H12N4. The molecule has 52 valence electrons. The zero-order chi connectivity index (χ0) is 7.28. The molecular weight excluding hydrogens is 116 g/mol. The summed E-state index contributed by atoms with van der Waals surface area (Å²) in [5, 5.41) is 6.96. The second-order valence-corrected chi connectivity index (χ2v) is 1.93. The van der Waals surface area contributed by atoms with Crippen molar-refractivity contribution in [2.75, 3.05) is 0 Å². The van der Waals surface area contributed by atoms with E-state index in [0.29, 0.717) is 5.84 Å². The summed E-state index contributed by atoms with van der Waals surface area (Å²) >= 11 is 0. The van der Waals surface area contributed by atoms with Crippen LogP contribution in [0.25, 0.3) is 0 Å². The summed E-state index contributed by atoms with van der Waals surface area (Å²) < 4.78 is 0. The van der Waals surface area contributed by atoms with Gasteiger partial charge in [-0.1, -0.05) is 13.8 Å². The van der Waals surface area contributed by atoms with Gasteiger partial charge >= 0.3 is 0 Å². The molecule has 0 saturated heterocycles. The SMILES string of the molecule is C=N/N=C(\NN)C(C)C. The van der Waals surface area contributed by atoms with Crippen LogP contribution < -0.4 is 11.3 Å². The van der Waals surface area contributed by atoms with Crippen molar-refractivity contribution in [3.8, 4) is 0 Å². The van der Waals surface area contributed by atoms with Crippen LogP contribution in [-0.4, -0.2) is 12.6 Å². The predicted molar refractivity (Wildman–Crippen MR) is 39.1 cm³/mol. The van der Waals surface area contributed by atoms with Gasteiger partial charge < -0.3 is 5.43 Å². The first-order valence-electron chi connectivity index (χ1n) is 2.72. The molecule has 0 amide bonds. The molecule has 0 aromatic rings. The van der Waals surface area contributed by atoms with Crippen LogP contribution in [0.3, 0.4) is 0 Å². The Bertz CT molecular complexity index is 116. The zero-order valence-electron chi connectivity index (χ0n) is 5.76. The molecule has 4 nitrogen and oxygen atoms in total. The average Bonchev–Trinajstić information content (AvgIpc) is 1.82. The maximum absolute atomic E-state index is 5.09. The molecule has 9 heavy (non-hydrogen) atoms. The molecule has 3 N–H and O–H groups in total. The lowest BCUT2D eigenvalue weighted by Gasteiger charge is -2.04. The van der Waals surface area contributed by atoms with Gasteiger partial charge in [0.05, 0.1) is 0 Å². The van der Waals surface area contributed by atoms with Gasteiger partial charge in [-0.3, -0.25) is 0 Å². The molecule has 0 aliphatic heterocycles. The third-order valence-electron chi connectivity index (χ3n) is 0.873. The first-order chi connectivity index (χ1) is 4.22. The average molecular weight is 128 g/mol. The second kappa shape index (κ2) is 4.03. The number of hydrogen-bond donors (Lipinski definition) is 2. The fourth-order valence-electron chi connectivity index (χ4n) is 0.387. The van der Waals surface area contributed by atoms with E-state index in [1.54, 1.807) is 0 Å². The van der Waals surface area contributed by atoms with E-state index in [1.165, 1.54) is 0 Å². The minimum atomic E-state index is 0.264. The third kappa shape index (κ3) is 2.81. The summed E-state index contributed by atoms with van der Waals surface area (Å²) in [5.41, 5.74) is 2.42. The van der Waals surface area contributed by atoms with Crippen molar-refractivity contribution in [2.45, 2.75) is 13.8 Å². The van der Waals surface area contributed by atoms with Crippen LogP contribution in [0.1, 0.15) is 13.8 Å². The number of nitrogens with zero attached hydrogens (tertiary/aromatic N) is 2. The first kappa shape index (κ1) is 8.10. The number of nitrogens with two attached hydrogens (primary N) is 1. The Kier molecular flexibility index (Phi) is 3.62. The highest BCUT2D eigenvalue weighted by Gasteiger charge is 2.00. The molecule has 0 aliphatic carbocycles. The van der Waals surface area contributed by atoms with Gasteiger partial charge in [0.1, 0.15) is 5.84 Å². The highest BCUT2D eigenvalue weighted by atomic mass is 15.3. The van der Waals surface area contributed by atoms with Crippen molar-refractivity contribution in [1.82, 2.24) is 5.43 Å². The van der Waals surface area contributed by atoms with Crippen molar-refractivity contribution in [1.29, 1.82) is 0 Å². The first-order valence-corrected chi connectivity index (χ1v) is 2.72. The Morgan fingerprint density at radius 2 is 2.22 bits per heavy atom. The van der Waals surface area contributed by atoms with Crippen LogP contribution in [-0.2, 0) is 0 Å². The standard InChI is InChI=1S/C5H12N4/c1-4(2)5(8-6)9-7-3/h4H,3,6H2,1-2H3,(H,8,9). The van der Waals surface area contributed by atoms with E-state index in [-0.39, 0.29) is 5.92 Å². The molecule has 0 aromatic carbocycles. The molecule has 0 saturated carbocycles. The predicted octanol–water partition coefficient (Wildman–Crippen LogP) is 0.120. The summed E-state index contributed by atoms with van der Waals surface area (Å²) in [4.78, 5) is 0. The lowest BCUT2D eigenvalue weighted by atomic mass is 10.2. The minimum Gasteiger partial charge on any atom is -0.310 e. The van der Waals surface area contributed by atoms with Crippen molar-refractivity contribution in [3.63, 3.8) is 0 Å². The van der Waals surface area contributed by atoms with Crippen LogP contribution in [0.5, 0.6) is 0 Å². The summed E-state index contributed by atoms with van der Waals surface area (Å²) in [6.07, 6.45) is 0. The largest absolute Gasteiger partial charge is 0.310 e. The topological polar surface area (TPSA) is 62.8 Å². The number of nitrogens with one attached hydrogen (secondary N) is 1. The van der Waals surface area contributed by atoms with E-state index >= 15 is 0 Å². The summed E-state index contributed by atoms with van der Waals surface area (Å²) in [6, 6.07) is 0. The molecule has 0 bridgehead atoms. The zero-order valence-corrected chi connectivity index (χ0v) is 5.76. The number of hydrazine groups is 1. The molecule has 0 aliphatic rings. The van der Waals surface area contributed by atoms with Gasteiger partial charge in [-0.05, 0) is 0 Å².